The van der Waals surface area contributed by atoms with Crippen LogP contribution in [0.1, 0.15) is 28.8 Å². The van der Waals surface area contributed by atoms with Crippen molar-refractivity contribution < 1.29 is 23.9 Å². The molecule has 0 aromatic heterocycles. The van der Waals surface area contributed by atoms with Gasteiger partial charge in [-0.05, 0) is 30.2 Å². The van der Waals surface area contributed by atoms with Crippen molar-refractivity contribution in [1.82, 2.24) is 0 Å². The molecule has 0 spiro atoms. The first-order valence-electron chi connectivity index (χ1n) is 8.58. The molecule has 2 amide bonds. The van der Waals surface area contributed by atoms with Gasteiger partial charge < -0.3 is 14.4 Å². The zero-order valence-electron chi connectivity index (χ0n) is 14.9. The number of rotatable bonds is 5. The van der Waals surface area contributed by atoms with Crippen LogP contribution in [0.15, 0.2) is 48.5 Å². The molecule has 1 aliphatic heterocycles. The van der Waals surface area contributed by atoms with Gasteiger partial charge >= 0.3 is 12.1 Å². The standard InChI is InChI=1S/C20H20N2O5/c1-26-19(24)15-10-16(12-17(11-15)22-9-5-8-18(22)23)21-20(25)27-13-14-6-3-2-4-7-14/h2-4,6-7,10-12H,5,8-9,13H2,1H3,(H,21,25). The van der Waals surface area contributed by atoms with Crippen molar-refractivity contribution in [3.8, 4) is 0 Å². The van der Waals surface area contributed by atoms with Crippen molar-refractivity contribution in [2.45, 2.75) is 19.4 Å². The monoisotopic (exact) mass is 368 g/mol. The van der Waals surface area contributed by atoms with Gasteiger partial charge in [0.25, 0.3) is 0 Å². The molecule has 0 atom stereocenters. The van der Waals surface area contributed by atoms with Gasteiger partial charge in [-0.15, -0.1) is 0 Å². The molecule has 1 N–H and O–H groups in total. The van der Waals surface area contributed by atoms with Gasteiger partial charge in [-0.1, -0.05) is 30.3 Å². The van der Waals surface area contributed by atoms with Crippen LogP contribution in [0.4, 0.5) is 16.2 Å². The molecular weight excluding hydrogens is 348 g/mol. The number of carbonyl (C=O) groups excluding carboxylic acids is 3. The summed E-state index contributed by atoms with van der Waals surface area (Å²) in [5, 5.41) is 2.60. The summed E-state index contributed by atoms with van der Waals surface area (Å²) in [5.74, 6) is -0.571. The zero-order chi connectivity index (χ0) is 19.2. The number of ether oxygens (including phenoxy) is 2. The molecule has 0 saturated carbocycles. The van der Waals surface area contributed by atoms with Gasteiger partial charge in [-0.2, -0.15) is 0 Å². The average molecular weight is 368 g/mol. The summed E-state index contributed by atoms with van der Waals surface area (Å²) in [6.07, 6.45) is 0.563. The Morgan fingerprint density at radius 3 is 2.59 bits per heavy atom. The molecule has 1 saturated heterocycles. The van der Waals surface area contributed by atoms with Crippen LogP contribution in [-0.2, 0) is 20.9 Å². The Hall–Kier alpha value is -3.35. The molecule has 7 nitrogen and oxygen atoms in total. The number of hydrogen-bond acceptors (Lipinski definition) is 5. The van der Waals surface area contributed by atoms with Crippen LogP contribution in [0, 0.1) is 0 Å². The van der Waals surface area contributed by atoms with Crippen molar-refractivity contribution in [3.05, 3.63) is 59.7 Å². The molecule has 1 fully saturated rings. The molecule has 2 aromatic rings. The smallest absolute Gasteiger partial charge is 0.411 e. The van der Waals surface area contributed by atoms with E-state index in [-0.39, 0.29) is 18.1 Å². The highest BCUT2D eigenvalue weighted by molar-refractivity contribution is 5.99. The van der Waals surface area contributed by atoms with Crippen LogP contribution >= 0.6 is 0 Å². The number of methoxy groups -OCH3 is 1. The van der Waals surface area contributed by atoms with Crippen LogP contribution in [-0.4, -0.2) is 31.6 Å². The Morgan fingerprint density at radius 2 is 1.93 bits per heavy atom. The van der Waals surface area contributed by atoms with Crippen LogP contribution in [0.3, 0.4) is 0 Å². The number of esters is 1. The summed E-state index contributed by atoms with van der Waals surface area (Å²) < 4.78 is 9.96. The van der Waals surface area contributed by atoms with E-state index in [4.69, 9.17) is 9.47 Å². The molecule has 0 bridgehead atoms. The van der Waals surface area contributed by atoms with Crippen LogP contribution in [0.2, 0.25) is 0 Å². The largest absolute Gasteiger partial charge is 0.465 e. The number of benzene rings is 2. The maximum Gasteiger partial charge on any atom is 0.411 e. The van der Waals surface area contributed by atoms with Crippen LogP contribution in [0.25, 0.3) is 0 Å². The average Bonchev–Trinajstić information content (AvgIpc) is 3.12. The van der Waals surface area contributed by atoms with E-state index in [1.807, 2.05) is 30.3 Å². The normalized spacial score (nSPS) is 13.4. The van der Waals surface area contributed by atoms with E-state index in [2.05, 4.69) is 5.32 Å². The predicted molar refractivity (Wildman–Crippen MR) is 99.6 cm³/mol. The SMILES string of the molecule is COC(=O)c1cc(NC(=O)OCc2ccccc2)cc(N2CCCC2=O)c1. The van der Waals surface area contributed by atoms with E-state index in [1.54, 1.807) is 17.0 Å². The highest BCUT2D eigenvalue weighted by atomic mass is 16.5. The molecule has 0 unspecified atom stereocenters. The minimum atomic E-state index is -0.653. The molecule has 0 radical (unpaired) electrons. The van der Waals surface area contributed by atoms with Crippen molar-refractivity contribution in [2.75, 3.05) is 23.9 Å². The lowest BCUT2D eigenvalue weighted by Crippen LogP contribution is -2.24. The Labute approximate surface area is 156 Å². The lowest BCUT2D eigenvalue weighted by molar-refractivity contribution is -0.117. The van der Waals surface area contributed by atoms with Crippen LogP contribution in [0.5, 0.6) is 0 Å². The molecule has 3 rings (SSSR count). The topological polar surface area (TPSA) is 84.9 Å². The van der Waals surface area contributed by atoms with E-state index in [0.29, 0.717) is 24.3 Å². The van der Waals surface area contributed by atoms with Crippen molar-refractivity contribution >= 4 is 29.3 Å². The Morgan fingerprint density at radius 1 is 1.15 bits per heavy atom. The van der Waals surface area contributed by atoms with E-state index in [0.717, 1.165) is 12.0 Å². The second-order valence-corrected chi connectivity index (χ2v) is 6.10. The summed E-state index contributed by atoms with van der Waals surface area (Å²) in [6.45, 7) is 0.697. The third kappa shape index (κ3) is 4.63. The van der Waals surface area contributed by atoms with Gasteiger partial charge in [0.05, 0.1) is 12.7 Å². The maximum absolute atomic E-state index is 12.1. The van der Waals surface area contributed by atoms with Crippen molar-refractivity contribution in [3.63, 3.8) is 0 Å². The van der Waals surface area contributed by atoms with E-state index in [9.17, 15) is 14.4 Å². The number of nitrogens with one attached hydrogen (secondary N) is 1. The number of hydrogen-bond donors (Lipinski definition) is 1. The minimum Gasteiger partial charge on any atom is -0.465 e. The third-order valence-corrected chi connectivity index (χ3v) is 4.18. The fourth-order valence-electron chi connectivity index (χ4n) is 2.87. The number of amides is 2. The number of nitrogens with zero attached hydrogens (tertiary/aromatic N) is 1. The van der Waals surface area contributed by atoms with Crippen molar-refractivity contribution in [2.24, 2.45) is 0 Å². The maximum atomic E-state index is 12.1. The Bertz CT molecular complexity index is 851. The Kier molecular flexibility index (Phi) is 5.71. The quantitative estimate of drug-likeness (QED) is 0.818. The summed E-state index contributed by atoms with van der Waals surface area (Å²) >= 11 is 0. The first-order valence-corrected chi connectivity index (χ1v) is 8.58. The lowest BCUT2D eigenvalue weighted by atomic mass is 10.1. The first kappa shape index (κ1) is 18.4. The summed E-state index contributed by atoms with van der Waals surface area (Å²) in [4.78, 5) is 37.7. The number of anilines is 2. The summed E-state index contributed by atoms with van der Waals surface area (Å²) in [5.41, 5.74) is 2.00. The summed E-state index contributed by atoms with van der Waals surface area (Å²) in [6, 6.07) is 14.0. The number of carbonyl (C=O) groups is 3. The molecular formula is C20H20N2O5. The molecule has 140 valence electrons. The Balaban J connectivity index is 1.75. The predicted octanol–water partition coefficient (Wildman–Crippen LogP) is 3.35. The van der Waals surface area contributed by atoms with E-state index >= 15 is 0 Å². The highest BCUT2D eigenvalue weighted by Crippen LogP contribution is 2.27. The van der Waals surface area contributed by atoms with E-state index < -0.39 is 12.1 Å². The van der Waals surface area contributed by atoms with Gasteiger partial charge in [0.1, 0.15) is 6.61 Å². The molecule has 0 aliphatic carbocycles. The second-order valence-electron chi connectivity index (χ2n) is 6.10. The second kappa shape index (κ2) is 8.35. The molecule has 27 heavy (non-hydrogen) atoms. The van der Waals surface area contributed by atoms with Crippen molar-refractivity contribution in [1.29, 1.82) is 0 Å². The molecule has 7 heteroatoms. The molecule has 1 aliphatic rings. The van der Waals surface area contributed by atoms with E-state index in [1.165, 1.54) is 13.2 Å². The minimum absolute atomic E-state index is 0.0189. The third-order valence-electron chi connectivity index (χ3n) is 4.18. The van der Waals surface area contributed by atoms with Gasteiger partial charge in [-0.25, -0.2) is 9.59 Å². The van der Waals surface area contributed by atoms with Gasteiger partial charge in [-0.3, -0.25) is 10.1 Å². The van der Waals surface area contributed by atoms with Crippen LogP contribution < -0.4 is 10.2 Å². The first-order chi connectivity index (χ1) is 13.1. The fraction of sp³-hybridized carbons (Fsp3) is 0.250. The fourth-order valence-corrected chi connectivity index (χ4v) is 2.87. The zero-order valence-corrected chi connectivity index (χ0v) is 14.9. The van der Waals surface area contributed by atoms with Gasteiger partial charge in [0, 0.05) is 24.3 Å². The lowest BCUT2D eigenvalue weighted by Gasteiger charge is -2.18. The van der Waals surface area contributed by atoms with Gasteiger partial charge in [0.15, 0.2) is 0 Å². The highest BCUT2D eigenvalue weighted by Gasteiger charge is 2.23. The van der Waals surface area contributed by atoms with Gasteiger partial charge in [0.2, 0.25) is 5.91 Å². The molecule has 2 aromatic carbocycles. The summed E-state index contributed by atoms with van der Waals surface area (Å²) in [7, 11) is 1.28. The molecule has 1 heterocycles.